The Morgan fingerprint density at radius 1 is 1.26 bits per heavy atom. The molecule has 1 unspecified atom stereocenters. The van der Waals surface area contributed by atoms with Crippen LogP contribution in [-0.4, -0.2) is 22.3 Å². The van der Waals surface area contributed by atoms with Crippen molar-refractivity contribution in [1.82, 2.24) is 14.9 Å². The summed E-state index contributed by atoms with van der Waals surface area (Å²) in [6, 6.07) is -0.333. The molecule has 0 saturated carbocycles. The van der Waals surface area contributed by atoms with Gasteiger partial charge < -0.3 is 5.32 Å². The molecule has 1 aromatic heterocycles. The van der Waals surface area contributed by atoms with E-state index < -0.39 is 12.6 Å². The van der Waals surface area contributed by atoms with Crippen molar-refractivity contribution in [3.63, 3.8) is 0 Å². The van der Waals surface area contributed by atoms with Crippen LogP contribution in [0.1, 0.15) is 57.1 Å². The summed E-state index contributed by atoms with van der Waals surface area (Å²) in [7, 11) is 0. The number of rotatable bonds is 5. The van der Waals surface area contributed by atoms with E-state index in [4.69, 9.17) is 0 Å². The smallest absolute Gasteiger partial charge is 0.309 e. The van der Waals surface area contributed by atoms with Gasteiger partial charge in [-0.15, -0.1) is 5.10 Å². The maximum atomic E-state index is 12.4. The first-order valence-corrected chi connectivity index (χ1v) is 7.05. The van der Waals surface area contributed by atoms with Crippen LogP contribution in [-0.2, 0) is 5.41 Å². The second-order valence-corrected chi connectivity index (χ2v) is 6.29. The van der Waals surface area contributed by atoms with Crippen molar-refractivity contribution < 1.29 is 13.2 Å². The standard InChI is InChI=1S/C12H20F3N3S/c1-5-16-8(6-7-12(13,14)15)9-10(11(2,3)4)17-18-19-9/h8,16H,5-7H2,1-4H3. The van der Waals surface area contributed by atoms with E-state index >= 15 is 0 Å². The van der Waals surface area contributed by atoms with Gasteiger partial charge in [0, 0.05) is 17.9 Å². The fourth-order valence-corrected chi connectivity index (χ4v) is 2.80. The Morgan fingerprint density at radius 3 is 2.37 bits per heavy atom. The maximum absolute atomic E-state index is 12.4. The molecule has 0 fully saturated rings. The van der Waals surface area contributed by atoms with Gasteiger partial charge in [-0.2, -0.15) is 13.2 Å². The van der Waals surface area contributed by atoms with Crippen LogP contribution in [0, 0.1) is 0 Å². The molecule has 1 N–H and O–H groups in total. The second kappa shape index (κ2) is 6.17. The summed E-state index contributed by atoms with van der Waals surface area (Å²) in [5.74, 6) is 0. The lowest BCUT2D eigenvalue weighted by Crippen LogP contribution is -2.25. The fourth-order valence-electron chi connectivity index (χ4n) is 1.83. The molecule has 110 valence electrons. The predicted molar refractivity (Wildman–Crippen MR) is 70.3 cm³/mol. The van der Waals surface area contributed by atoms with E-state index in [2.05, 4.69) is 14.9 Å². The Kier molecular flexibility index (Phi) is 5.32. The van der Waals surface area contributed by atoms with Crippen LogP contribution in [0.15, 0.2) is 0 Å². The van der Waals surface area contributed by atoms with Crippen molar-refractivity contribution in [2.24, 2.45) is 0 Å². The summed E-state index contributed by atoms with van der Waals surface area (Å²) < 4.78 is 41.0. The van der Waals surface area contributed by atoms with Crippen molar-refractivity contribution in [2.75, 3.05) is 6.54 Å². The lowest BCUT2D eigenvalue weighted by Gasteiger charge is -2.22. The number of nitrogens with one attached hydrogen (secondary N) is 1. The second-order valence-electron chi connectivity index (χ2n) is 5.50. The first kappa shape index (κ1) is 16.4. The van der Waals surface area contributed by atoms with Crippen LogP contribution >= 0.6 is 11.5 Å². The highest BCUT2D eigenvalue weighted by Crippen LogP contribution is 2.34. The van der Waals surface area contributed by atoms with E-state index in [-0.39, 0.29) is 17.9 Å². The van der Waals surface area contributed by atoms with Gasteiger partial charge in [0.1, 0.15) is 0 Å². The Labute approximate surface area is 115 Å². The molecular weight excluding hydrogens is 275 g/mol. The molecule has 1 atom stereocenters. The third kappa shape index (κ3) is 5.06. The molecule has 0 radical (unpaired) electrons. The summed E-state index contributed by atoms with van der Waals surface area (Å²) in [5, 5.41) is 7.18. The highest BCUT2D eigenvalue weighted by Gasteiger charge is 2.32. The number of aromatic nitrogens is 2. The largest absolute Gasteiger partial charge is 0.389 e. The van der Waals surface area contributed by atoms with Crippen LogP contribution in [0.4, 0.5) is 13.2 Å². The quantitative estimate of drug-likeness (QED) is 0.897. The van der Waals surface area contributed by atoms with Gasteiger partial charge in [-0.05, 0) is 24.5 Å². The van der Waals surface area contributed by atoms with Crippen LogP contribution in [0.2, 0.25) is 0 Å². The molecule has 1 rings (SSSR count). The van der Waals surface area contributed by atoms with Gasteiger partial charge in [0.05, 0.1) is 10.6 Å². The lowest BCUT2D eigenvalue weighted by molar-refractivity contribution is -0.136. The van der Waals surface area contributed by atoms with Crippen molar-refractivity contribution in [3.05, 3.63) is 10.6 Å². The Morgan fingerprint density at radius 2 is 1.89 bits per heavy atom. The van der Waals surface area contributed by atoms with Crippen LogP contribution in [0.5, 0.6) is 0 Å². The molecule has 19 heavy (non-hydrogen) atoms. The third-order valence-electron chi connectivity index (χ3n) is 2.71. The Hall–Kier alpha value is -0.690. The van der Waals surface area contributed by atoms with Crippen molar-refractivity contribution in [3.8, 4) is 0 Å². The zero-order chi connectivity index (χ0) is 14.7. The molecular formula is C12H20F3N3S. The molecule has 0 aliphatic rings. The maximum Gasteiger partial charge on any atom is 0.389 e. The van der Waals surface area contributed by atoms with Gasteiger partial charge in [-0.3, -0.25) is 0 Å². The van der Waals surface area contributed by atoms with Gasteiger partial charge in [-0.25, -0.2) is 0 Å². The SMILES string of the molecule is CCNC(CCC(F)(F)F)c1snnc1C(C)(C)C. The zero-order valence-electron chi connectivity index (χ0n) is 11.6. The summed E-state index contributed by atoms with van der Waals surface area (Å²) in [5.41, 5.74) is 0.569. The minimum atomic E-state index is -4.13. The number of hydrogen-bond donors (Lipinski definition) is 1. The molecule has 0 aliphatic carbocycles. The first-order chi connectivity index (χ1) is 8.65. The lowest BCUT2D eigenvalue weighted by atomic mass is 9.89. The van der Waals surface area contributed by atoms with E-state index in [1.165, 1.54) is 11.5 Å². The molecule has 1 heterocycles. The van der Waals surface area contributed by atoms with Crippen molar-refractivity contribution in [1.29, 1.82) is 0 Å². The molecule has 0 bridgehead atoms. The highest BCUT2D eigenvalue weighted by atomic mass is 32.1. The summed E-state index contributed by atoms with van der Waals surface area (Å²) >= 11 is 1.18. The average molecular weight is 295 g/mol. The van der Waals surface area contributed by atoms with Gasteiger partial charge in [0.15, 0.2) is 0 Å². The highest BCUT2D eigenvalue weighted by molar-refractivity contribution is 7.05. The normalized spacial score (nSPS) is 14.7. The molecule has 7 heteroatoms. The first-order valence-electron chi connectivity index (χ1n) is 6.28. The summed E-state index contributed by atoms with van der Waals surface area (Å²) in [6.07, 6.45) is -4.91. The summed E-state index contributed by atoms with van der Waals surface area (Å²) in [4.78, 5) is 0.818. The van der Waals surface area contributed by atoms with E-state index in [1.807, 2.05) is 27.7 Å². The van der Waals surface area contributed by atoms with Crippen molar-refractivity contribution in [2.45, 2.75) is 58.2 Å². The molecule has 3 nitrogen and oxygen atoms in total. The molecule has 0 saturated heterocycles. The molecule has 1 aromatic rings. The Bertz CT molecular complexity index is 396. The molecule has 0 aliphatic heterocycles. The summed E-state index contributed by atoms with van der Waals surface area (Å²) in [6.45, 7) is 8.45. The van der Waals surface area contributed by atoms with Gasteiger partial charge in [-0.1, -0.05) is 32.2 Å². The minimum absolute atomic E-state index is 0.0181. The van der Waals surface area contributed by atoms with Gasteiger partial charge in [0.2, 0.25) is 0 Å². The predicted octanol–water partition coefficient (Wildman–Crippen LogP) is 3.83. The fraction of sp³-hybridized carbons (Fsp3) is 0.833. The van der Waals surface area contributed by atoms with Crippen LogP contribution in [0.25, 0.3) is 0 Å². The Balaban J connectivity index is 2.90. The minimum Gasteiger partial charge on any atom is -0.309 e. The van der Waals surface area contributed by atoms with E-state index in [9.17, 15) is 13.2 Å². The number of nitrogens with zero attached hydrogens (tertiary/aromatic N) is 2. The zero-order valence-corrected chi connectivity index (χ0v) is 12.5. The van der Waals surface area contributed by atoms with Crippen molar-refractivity contribution >= 4 is 11.5 Å². The number of alkyl halides is 3. The van der Waals surface area contributed by atoms with E-state index in [0.29, 0.717) is 6.54 Å². The van der Waals surface area contributed by atoms with Gasteiger partial charge >= 0.3 is 6.18 Å². The molecule has 0 spiro atoms. The molecule has 0 amide bonds. The average Bonchev–Trinajstić information content (AvgIpc) is 2.71. The van der Waals surface area contributed by atoms with E-state index in [0.717, 1.165) is 10.6 Å². The third-order valence-corrected chi connectivity index (χ3v) is 3.55. The number of halogens is 3. The van der Waals surface area contributed by atoms with E-state index in [1.54, 1.807) is 0 Å². The van der Waals surface area contributed by atoms with Gasteiger partial charge in [0.25, 0.3) is 0 Å². The van der Waals surface area contributed by atoms with Crippen LogP contribution < -0.4 is 5.32 Å². The molecule has 0 aromatic carbocycles. The van der Waals surface area contributed by atoms with Crippen LogP contribution in [0.3, 0.4) is 0 Å². The monoisotopic (exact) mass is 295 g/mol. The number of hydrogen-bond acceptors (Lipinski definition) is 4. The topological polar surface area (TPSA) is 37.8 Å².